The van der Waals surface area contributed by atoms with Gasteiger partial charge in [-0.3, -0.25) is 14.3 Å². The van der Waals surface area contributed by atoms with Crippen molar-refractivity contribution < 1.29 is 14.6 Å². The summed E-state index contributed by atoms with van der Waals surface area (Å²) in [5.41, 5.74) is 4.85. The average molecular weight is 255 g/mol. The highest BCUT2D eigenvalue weighted by molar-refractivity contribution is 5.73. The Morgan fingerprint density at radius 2 is 2.28 bits per heavy atom. The van der Waals surface area contributed by atoms with Gasteiger partial charge in [0.05, 0.1) is 0 Å². The van der Waals surface area contributed by atoms with E-state index in [2.05, 4.69) is 4.98 Å². The summed E-state index contributed by atoms with van der Waals surface area (Å²) >= 11 is 0. The highest BCUT2D eigenvalue weighted by atomic mass is 16.5. The van der Waals surface area contributed by atoms with Crippen molar-refractivity contribution in [3.05, 3.63) is 32.6 Å². The Bertz CT molecular complexity index is 590. The van der Waals surface area contributed by atoms with Crippen LogP contribution in [0.2, 0.25) is 0 Å². The largest absolute Gasteiger partial charge is 0.479 e. The van der Waals surface area contributed by atoms with E-state index in [0.717, 1.165) is 4.57 Å². The number of aryl methyl sites for hydroxylation is 1. The molecule has 0 unspecified atom stereocenters. The molecule has 1 aliphatic rings. The van der Waals surface area contributed by atoms with E-state index in [1.807, 2.05) is 0 Å². The van der Waals surface area contributed by atoms with Crippen LogP contribution in [0.25, 0.3) is 0 Å². The second kappa shape index (κ2) is 4.39. The van der Waals surface area contributed by atoms with Gasteiger partial charge in [0.2, 0.25) is 0 Å². The molecule has 1 fully saturated rings. The van der Waals surface area contributed by atoms with Gasteiger partial charge < -0.3 is 15.6 Å². The fraction of sp³-hybridized carbons (Fsp3) is 0.500. The van der Waals surface area contributed by atoms with Crippen molar-refractivity contribution in [1.82, 2.24) is 9.55 Å². The number of nitrogens with zero attached hydrogens (tertiary/aromatic N) is 1. The van der Waals surface area contributed by atoms with E-state index in [4.69, 9.17) is 15.6 Å². The molecule has 0 aliphatic carbocycles. The Kier molecular flexibility index (Phi) is 3.05. The lowest BCUT2D eigenvalue weighted by Crippen LogP contribution is -2.36. The van der Waals surface area contributed by atoms with Crippen LogP contribution >= 0.6 is 0 Å². The van der Waals surface area contributed by atoms with Gasteiger partial charge in [-0.2, -0.15) is 0 Å². The highest BCUT2D eigenvalue weighted by Gasteiger charge is 2.39. The average Bonchev–Trinajstić information content (AvgIpc) is 2.65. The van der Waals surface area contributed by atoms with Gasteiger partial charge in [-0.1, -0.05) is 0 Å². The molecule has 18 heavy (non-hydrogen) atoms. The first kappa shape index (κ1) is 12.5. The van der Waals surface area contributed by atoms with Crippen LogP contribution in [0, 0.1) is 6.92 Å². The van der Waals surface area contributed by atoms with Crippen molar-refractivity contribution in [2.24, 2.45) is 5.73 Å². The minimum Gasteiger partial charge on any atom is -0.479 e. The molecule has 1 aliphatic heterocycles. The monoisotopic (exact) mass is 255 g/mol. The number of ether oxygens (including phenoxy) is 1. The van der Waals surface area contributed by atoms with Crippen molar-refractivity contribution in [3.63, 3.8) is 0 Å². The maximum absolute atomic E-state index is 11.6. The predicted octanol–water partition coefficient (Wildman–Crippen LogP) is -1.46. The minimum absolute atomic E-state index is 0.197. The molecule has 98 valence electrons. The maximum atomic E-state index is 11.6. The first-order chi connectivity index (χ1) is 8.40. The molecule has 0 saturated carbocycles. The fourth-order valence-electron chi connectivity index (χ4n) is 1.90. The molecule has 2 rings (SSSR count). The Labute approximate surface area is 101 Å². The number of nitrogens with two attached hydrogens (primary N) is 1. The second-order valence-corrected chi connectivity index (χ2v) is 4.23. The number of carboxylic acids is 1. The van der Waals surface area contributed by atoms with Gasteiger partial charge in [0.1, 0.15) is 6.23 Å². The lowest BCUT2D eigenvalue weighted by atomic mass is 10.1. The summed E-state index contributed by atoms with van der Waals surface area (Å²) in [7, 11) is 0. The number of carbonyl (C=O) groups is 1. The van der Waals surface area contributed by atoms with Gasteiger partial charge in [0.25, 0.3) is 5.56 Å². The van der Waals surface area contributed by atoms with Crippen LogP contribution in [-0.2, 0) is 9.53 Å². The van der Waals surface area contributed by atoms with Gasteiger partial charge in [-0.15, -0.1) is 0 Å². The molecule has 3 atom stereocenters. The fourth-order valence-corrected chi connectivity index (χ4v) is 1.90. The third-order valence-corrected chi connectivity index (χ3v) is 2.87. The normalized spacial score (nSPS) is 27.3. The summed E-state index contributed by atoms with van der Waals surface area (Å²) in [6.07, 6.45) is -0.385. The molecule has 1 aromatic heterocycles. The van der Waals surface area contributed by atoms with Crippen molar-refractivity contribution in [3.8, 4) is 0 Å². The zero-order valence-corrected chi connectivity index (χ0v) is 9.62. The number of hydrogen-bond acceptors (Lipinski definition) is 5. The van der Waals surface area contributed by atoms with Crippen LogP contribution in [0.15, 0.2) is 15.8 Å². The third-order valence-electron chi connectivity index (χ3n) is 2.87. The van der Waals surface area contributed by atoms with Gasteiger partial charge in [0.15, 0.2) is 6.10 Å². The molecule has 2 heterocycles. The zero-order valence-electron chi connectivity index (χ0n) is 9.62. The van der Waals surface area contributed by atoms with E-state index in [1.54, 1.807) is 6.92 Å². The Balaban J connectivity index is 2.35. The lowest BCUT2D eigenvalue weighted by molar-refractivity contribution is -0.152. The molecule has 4 N–H and O–H groups in total. The van der Waals surface area contributed by atoms with E-state index in [9.17, 15) is 14.4 Å². The van der Waals surface area contributed by atoms with Crippen LogP contribution in [-0.4, -0.2) is 32.8 Å². The quantitative estimate of drug-likeness (QED) is 0.593. The first-order valence-corrected chi connectivity index (χ1v) is 5.36. The van der Waals surface area contributed by atoms with Crippen LogP contribution in [0.1, 0.15) is 18.2 Å². The summed E-state index contributed by atoms with van der Waals surface area (Å²) in [5, 5.41) is 8.87. The van der Waals surface area contributed by atoms with Crippen molar-refractivity contribution in [1.29, 1.82) is 0 Å². The van der Waals surface area contributed by atoms with Gasteiger partial charge in [0, 0.05) is 24.2 Å². The van der Waals surface area contributed by atoms with Crippen LogP contribution < -0.4 is 17.0 Å². The standard InChI is InChI=1S/C10H13N3O5/c1-4-3-13(10(17)12-8(4)14)6-2-5(11)7(18-6)9(15)16/h3,5-7H,2,11H2,1H3,(H,15,16)(H,12,14,17)/t5-,6+,7-/m0/s1. The number of rotatable bonds is 2. The van der Waals surface area contributed by atoms with Crippen molar-refractivity contribution in [2.45, 2.75) is 31.7 Å². The summed E-state index contributed by atoms with van der Waals surface area (Å²) in [5.74, 6) is -1.17. The van der Waals surface area contributed by atoms with Gasteiger partial charge in [-0.25, -0.2) is 9.59 Å². The molecule has 0 bridgehead atoms. The Hall–Kier alpha value is -1.93. The number of hydrogen-bond donors (Lipinski definition) is 3. The first-order valence-electron chi connectivity index (χ1n) is 5.36. The van der Waals surface area contributed by atoms with Crippen LogP contribution in [0.5, 0.6) is 0 Å². The predicted molar refractivity (Wildman–Crippen MR) is 60.2 cm³/mol. The van der Waals surface area contributed by atoms with Crippen molar-refractivity contribution in [2.75, 3.05) is 0 Å². The van der Waals surface area contributed by atoms with Gasteiger partial charge in [-0.05, 0) is 6.92 Å². The number of H-pyrrole nitrogens is 1. The number of nitrogens with one attached hydrogen (secondary N) is 1. The molecule has 1 saturated heterocycles. The van der Waals surface area contributed by atoms with Crippen molar-refractivity contribution >= 4 is 5.97 Å². The smallest absolute Gasteiger partial charge is 0.334 e. The number of aromatic amines is 1. The lowest BCUT2D eigenvalue weighted by Gasteiger charge is -2.13. The number of aromatic nitrogens is 2. The zero-order chi connectivity index (χ0) is 13.4. The molecule has 8 nitrogen and oxygen atoms in total. The van der Waals surface area contributed by atoms with E-state index in [1.165, 1.54) is 6.20 Å². The number of aliphatic carboxylic acids is 1. The molecule has 1 aromatic rings. The summed E-state index contributed by atoms with van der Waals surface area (Å²) in [6.45, 7) is 1.54. The van der Waals surface area contributed by atoms with E-state index in [-0.39, 0.29) is 6.42 Å². The van der Waals surface area contributed by atoms with E-state index in [0.29, 0.717) is 5.56 Å². The topological polar surface area (TPSA) is 127 Å². The minimum atomic E-state index is -1.17. The maximum Gasteiger partial charge on any atom is 0.334 e. The highest BCUT2D eigenvalue weighted by Crippen LogP contribution is 2.26. The summed E-state index contributed by atoms with van der Waals surface area (Å²) in [6, 6.07) is -0.688. The Morgan fingerprint density at radius 3 is 2.83 bits per heavy atom. The molecule has 0 spiro atoms. The Morgan fingerprint density at radius 1 is 1.61 bits per heavy atom. The molecule has 8 heteroatoms. The third kappa shape index (κ3) is 2.07. The van der Waals surface area contributed by atoms with Crippen LogP contribution in [0.4, 0.5) is 0 Å². The van der Waals surface area contributed by atoms with Gasteiger partial charge >= 0.3 is 11.7 Å². The molecular weight excluding hydrogens is 242 g/mol. The molecule has 0 amide bonds. The molecular formula is C10H13N3O5. The number of carboxylic acid groups (broad SMARTS) is 1. The summed E-state index contributed by atoms with van der Waals surface area (Å²) < 4.78 is 6.37. The molecule has 0 radical (unpaired) electrons. The van der Waals surface area contributed by atoms with E-state index >= 15 is 0 Å². The van der Waals surface area contributed by atoms with E-state index < -0.39 is 35.6 Å². The second-order valence-electron chi connectivity index (χ2n) is 4.23. The SMILES string of the molecule is Cc1cn([C@H]2C[C@H](N)[C@@H](C(=O)O)O2)c(=O)[nH]c1=O. The van der Waals surface area contributed by atoms with Crippen LogP contribution in [0.3, 0.4) is 0 Å². The molecule has 0 aromatic carbocycles. The summed E-state index contributed by atoms with van der Waals surface area (Å²) in [4.78, 5) is 35.8.